The quantitative estimate of drug-likeness (QED) is 0.475. The van der Waals surface area contributed by atoms with Crippen LogP contribution in [0.15, 0.2) is 48.8 Å². The number of aryl methyl sites for hydroxylation is 1. The number of hydrogen-bond donors (Lipinski definition) is 3. The van der Waals surface area contributed by atoms with Crippen LogP contribution < -0.4 is 11.1 Å². The zero-order valence-electron chi connectivity index (χ0n) is 17.2. The molecule has 1 aliphatic heterocycles. The van der Waals surface area contributed by atoms with Gasteiger partial charge >= 0.3 is 0 Å². The van der Waals surface area contributed by atoms with Crippen LogP contribution in [0.4, 0.5) is 11.5 Å². The van der Waals surface area contributed by atoms with Crippen molar-refractivity contribution >= 4 is 22.7 Å². The molecule has 0 bridgehead atoms. The lowest BCUT2D eigenvalue weighted by atomic mass is 10.0. The maximum absolute atomic E-state index is 6.05. The molecular formula is C23H25N7. The van der Waals surface area contributed by atoms with Crippen molar-refractivity contribution in [3.8, 4) is 0 Å². The first kappa shape index (κ1) is 18.6. The molecule has 152 valence electrons. The lowest BCUT2D eigenvalue weighted by molar-refractivity contribution is 0.319. The van der Waals surface area contributed by atoms with E-state index in [-0.39, 0.29) is 6.04 Å². The van der Waals surface area contributed by atoms with Crippen LogP contribution in [0.5, 0.6) is 0 Å². The third-order valence-electron chi connectivity index (χ3n) is 5.58. The molecule has 0 spiro atoms. The number of nitrogens with zero attached hydrogens (tertiary/aromatic N) is 4. The van der Waals surface area contributed by atoms with Crippen LogP contribution in [-0.4, -0.2) is 31.9 Å². The fraction of sp³-hybridized carbons (Fsp3) is 0.261. The van der Waals surface area contributed by atoms with Crippen molar-refractivity contribution in [3.63, 3.8) is 0 Å². The number of nitrogens with two attached hydrogens (primary N) is 1. The highest BCUT2D eigenvalue weighted by atomic mass is 15.1. The summed E-state index contributed by atoms with van der Waals surface area (Å²) in [6, 6.07) is 12.9. The molecule has 0 amide bonds. The monoisotopic (exact) mass is 399 g/mol. The Hall–Kier alpha value is -3.45. The third kappa shape index (κ3) is 3.59. The fourth-order valence-corrected chi connectivity index (χ4v) is 4.29. The molecule has 5 rings (SSSR count). The fourth-order valence-electron chi connectivity index (χ4n) is 4.29. The zero-order valence-corrected chi connectivity index (χ0v) is 17.2. The molecule has 4 heterocycles. The van der Waals surface area contributed by atoms with Gasteiger partial charge in [0.15, 0.2) is 5.65 Å². The van der Waals surface area contributed by atoms with Crippen molar-refractivity contribution in [2.45, 2.75) is 32.5 Å². The van der Waals surface area contributed by atoms with Crippen LogP contribution >= 0.6 is 0 Å². The topological polar surface area (TPSA) is 95.8 Å². The van der Waals surface area contributed by atoms with Crippen LogP contribution in [0.1, 0.15) is 34.1 Å². The number of aromatic amines is 1. The van der Waals surface area contributed by atoms with Crippen LogP contribution in [0.25, 0.3) is 11.2 Å². The van der Waals surface area contributed by atoms with E-state index < -0.39 is 0 Å². The van der Waals surface area contributed by atoms with Gasteiger partial charge in [0.2, 0.25) is 0 Å². The van der Waals surface area contributed by atoms with Gasteiger partial charge in [0.05, 0.1) is 11.6 Å². The number of pyridine rings is 2. The lowest BCUT2D eigenvalue weighted by Crippen LogP contribution is -2.17. The summed E-state index contributed by atoms with van der Waals surface area (Å²) in [6.07, 6.45) is 4.59. The largest absolute Gasteiger partial charge is 0.384 e. The number of imidazole rings is 1. The van der Waals surface area contributed by atoms with E-state index in [4.69, 9.17) is 5.73 Å². The molecule has 7 heteroatoms. The lowest BCUT2D eigenvalue weighted by Gasteiger charge is -2.17. The Morgan fingerprint density at radius 3 is 2.70 bits per heavy atom. The second-order valence-electron chi connectivity index (χ2n) is 8.08. The first-order valence-corrected chi connectivity index (χ1v) is 10.1. The van der Waals surface area contributed by atoms with E-state index in [0.29, 0.717) is 11.5 Å². The van der Waals surface area contributed by atoms with Crippen LogP contribution in [-0.2, 0) is 19.5 Å². The van der Waals surface area contributed by atoms with Crippen LogP contribution in [0, 0.1) is 6.92 Å². The summed E-state index contributed by atoms with van der Waals surface area (Å²) in [7, 11) is 2.14. The van der Waals surface area contributed by atoms with E-state index in [9.17, 15) is 0 Å². The first-order chi connectivity index (χ1) is 14.5. The number of nitrogen functional groups attached to an aromatic ring is 1. The Balaban J connectivity index is 1.34. The molecule has 0 saturated heterocycles. The summed E-state index contributed by atoms with van der Waals surface area (Å²) in [5.41, 5.74) is 13.9. The first-order valence-electron chi connectivity index (χ1n) is 10.1. The second-order valence-corrected chi connectivity index (χ2v) is 8.08. The Morgan fingerprint density at radius 1 is 1.07 bits per heavy atom. The number of nitrogens with one attached hydrogen (secondary N) is 2. The maximum Gasteiger partial charge on any atom is 0.180 e. The van der Waals surface area contributed by atoms with Crippen molar-refractivity contribution < 1.29 is 0 Å². The number of fused-ring (bicyclic) bond motifs is 2. The minimum atomic E-state index is 0.150. The normalized spacial score (nSPS) is 15.5. The van der Waals surface area contributed by atoms with Crippen molar-refractivity contribution in [2.75, 3.05) is 18.1 Å². The van der Waals surface area contributed by atoms with Gasteiger partial charge in [-0.05, 0) is 61.3 Å². The molecule has 0 radical (unpaired) electrons. The molecule has 0 saturated carbocycles. The predicted octanol–water partition coefficient (Wildman–Crippen LogP) is 3.58. The molecule has 3 aromatic heterocycles. The Kier molecular flexibility index (Phi) is 4.59. The van der Waals surface area contributed by atoms with Crippen molar-refractivity contribution in [1.82, 2.24) is 24.8 Å². The van der Waals surface area contributed by atoms with Gasteiger partial charge in [0, 0.05) is 36.7 Å². The molecule has 0 fully saturated rings. The zero-order chi connectivity index (χ0) is 20.7. The maximum atomic E-state index is 6.05. The highest BCUT2D eigenvalue weighted by molar-refractivity contribution is 5.79. The van der Waals surface area contributed by atoms with E-state index in [0.717, 1.165) is 36.4 Å². The minimum absolute atomic E-state index is 0.150. The van der Waals surface area contributed by atoms with Crippen molar-refractivity contribution in [2.24, 2.45) is 0 Å². The summed E-state index contributed by atoms with van der Waals surface area (Å²) in [4.78, 5) is 18.6. The van der Waals surface area contributed by atoms with Crippen molar-refractivity contribution in [1.29, 1.82) is 0 Å². The average molecular weight is 400 g/mol. The molecule has 4 aromatic rings. The van der Waals surface area contributed by atoms with Gasteiger partial charge in [0.1, 0.15) is 11.6 Å². The summed E-state index contributed by atoms with van der Waals surface area (Å²) in [5.74, 6) is 1.35. The van der Waals surface area contributed by atoms with Gasteiger partial charge in [-0.2, -0.15) is 0 Å². The summed E-state index contributed by atoms with van der Waals surface area (Å²) < 4.78 is 0. The van der Waals surface area contributed by atoms with E-state index in [1.807, 2.05) is 25.4 Å². The predicted molar refractivity (Wildman–Crippen MR) is 119 cm³/mol. The number of hydrogen-bond acceptors (Lipinski definition) is 6. The van der Waals surface area contributed by atoms with Gasteiger partial charge in [-0.3, -0.25) is 9.88 Å². The van der Waals surface area contributed by atoms with Crippen molar-refractivity contribution in [3.05, 3.63) is 76.9 Å². The number of anilines is 2. The molecule has 4 N–H and O–H groups in total. The highest BCUT2D eigenvalue weighted by Gasteiger charge is 2.25. The number of benzene rings is 1. The van der Waals surface area contributed by atoms with Crippen LogP contribution in [0.3, 0.4) is 0 Å². The Morgan fingerprint density at radius 2 is 1.87 bits per heavy atom. The molecule has 1 aliphatic rings. The molecular weight excluding hydrogens is 374 g/mol. The number of rotatable bonds is 5. The van der Waals surface area contributed by atoms with Crippen LogP contribution in [0.2, 0.25) is 0 Å². The van der Waals surface area contributed by atoms with Gasteiger partial charge in [-0.15, -0.1) is 0 Å². The highest BCUT2D eigenvalue weighted by Crippen LogP contribution is 2.37. The summed E-state index contributed by atoms with van der Waals surface area (Å²) in [5, 5.41) is 3.65. The SMILES string of the molecule is Cc1nc2nc(N)cc(C3Cc4cc(CN(C)Cc5ccncc5)ccc4N3)c2[nH]1. The number of aromatic nitrogens is 4. The molecule has 30 heavy (non-hydrogen) atoms. The van der Waals surface area contributed by atoms with E-state index in [1.165, 1.54) is 22.4 Å². The molecule has 0 aliphatic carbocycles. The molecule has 7 nitrogen and oxygen atoms in total. The third-order valence-corrected chi connectivity index (χ3v) is 5.58. The Labute approximate surface area is 175 Å². The molecule has 1 aromatic carbocycles. The van der Waals surface area contributed by atoms with E-state index in [1.54, 1.807) is 0 Å². The second kappa shape index (κ2) is 7.42. The standard InChI is InChI=1S/C23H25N7/c1-14-26-22-18(11-21(24)29-23(22)27-14)20-10-17-9-16(3-4-19(17)28-20)13-30(2)12-15-5-7-25-8-6-15/h3-9,11,20,28H,10,12-13H2,1-2H3,(H3,24,26,27,29). The van der Waals surface area contributed by atoms with Gasteiger partial charge in [0.25, 0.3) is 0 Å². The summed E-state index contributed by atoms with van der Waals surface area (Å²) in [6.45, 7) is 3.73. The van der Waals surface area contributed by atoms with Gasteiger partial charge < -0.3 is 16.0 Å². The summed E-state index contributed by atoms with van der Waals surface area (Å²) >= 11 is 0. The molecule has 1 atom stereocenters. The minimum Gasteiger partial charge on any atom is -0.384 e. The van der Waals surface area contributed by atoms with Gasteiger partial charge in [-0.25, -0.2) is 9.97 Å². The van der Waals surface area contributed by atoms with E-state index >= 15 is 0 Å². The van der Waals surface area contributed by atoms with E-state index in [2.05, 4.69) is 67.5 Å². The molecule has 1 unspecified atom stereocenters. The Bertz CT molecular complexity index is 1200. The smallest absolute Gasteiger partial charge is 0.180 e. The average Bonchev–Trinajstić information content (AvgIpc) is 3.30. The van der Waals surface area contributed by atoms with Gasteiger partial charge in [-0.1, -0.05) is 12.1 Å². The number of H-pyrrole nitrogens is 1.